The number of ether oxygens (including phenoxy) is 4. The van der Waals surface area contributed by atoms with Gasteiger partial charge in [-0.3, -0.25) is 9.59 Å². The number of carbonyl (C=O) groups is 2. The molecule has 0 aromatic rings. The lowest BCUT2D eigenvalue weighted by Gasteiger charge is -2.48. The predicted octanol–water partition coefficient (Wildman–Crippen LogP) is 4.84. The van der Waals surface area contributed by atoms with Crippen molar-refractivity contribution in [3.05, 3.63) is 23.8 Å². The summed E-state index contributed by atoms with van der Waals surface area (Å²) in [6.07, 6.45) is 9.74. The smallest absolute Gasteiger partial charge is 0.308 e. The van der Waals surface area contributed by atoms with Gasteiger partial charge >= 0.3 is 5.97 Å². The van der Waals surface area contributed by atoms with E-state index in [0.29, 0.717) is 12.8 Å². The fraction of sp³-hybridized carbons (Fsp3) is 0.857. The summed E-state index contributed by atoms with van der Waals surface area (Å²) in [6.45, 7) is 15.6. The number of piperidine rings is 2. The van der Waals surface area contributed by atoms with Crippen LogP contribution in [0.5, 0.6) is 0 Å². The summed E-state index contributed by atoms with van der Waals surface area (Å²) in [6, 6.07) is -0.396. The number of aliphatic hydroxyl groups is 2. The molecule has 0 amide bonds. The van der Waals surface area contributed by atoms with Crippen molar-refractivity contribution < 1.29 is 38.7 Å². The molecule has 4 rings (SSSR count). The average Bonchev–Trinajstić information content (AvgIpc) is 3.14. The van der Waals surface area contributed by atoms with Crippen molar-refractivity contribution in [3.63, 3.8) is 0 Å². The first kappa shape index (κ1) is 44.0. The Kier molecular flexibility index (Phi) is 17.9. The van der Waals surface area contributed by atoms with E-state index in [9.17, 15) is 19.8 Å². The summed E-state index contributed by atoms with van der Waals surface area (Å²) in [7, 11) is 5.42. The molecule has 3 saturated heterocycles. The third-order valence-electron chi connectivity index (χ3n) is 12.4. The second-order valence-electron chi connectivity index (χ2n) is 16.8. The van der Waals surface area contributed by atoms with Crippen LogP contribution in [0.3, 0.4) is 0 Å². The van der Waals surface area contributed by atoms with E-state index in [4.69, 9.17) is 18.9 Å². The molecule has 4 aliphatic heterocycles. The van der Waals surface area contributed by atoms with E-state index < -0.39 is 42.5 Å². The number of likely N-dealkylation sites (N-methyl/N-ethyl adjacent to an activating group) is 1. The maximum Gasteiger partial charge on any atom is 0.308 e. The van der Waals surface area contributed by atoms with Crippen LogP contribution in [0.4, 0.5) is 0 Å². The van der Waals surface area contributed by atoms with E-state index >= 15 is 0 Å². The minimum Gasteiger partial charge on any atom is -0.462 e. The normalized spacial score (nSPS) is 39.7. The largest absolute Gasteiger partial charge is 0.462 e. The Morgan fingerprint density at radius 3 is 2.17 bits per heavy atom. The maximum absolute atomic E-state index is 13.8. The van der Waals surface area contributed by atoms with E-state index in [-0.39, 0.29) is 48.3 Å². The summed E-state index contributed by atoms with van der Waals surface area (Å²) < 4.78 is 25.2. The maximum atomic E-state index is 13.8. The summed E-state index contributed by atoms with van der Waals surface area (Å²) in [5.74, 6) is -1.45. The molecule has 0 aromatic heterocycles. The molecule has 0 saturated carbocycles. The average molecular weight is 748 g/mol. The number of ketones is 1. The number of aliphatic hydroxyl groups excluding tert-OH is 2. The molecule has 3 fully saturated rings. The number of hydrogen-bond donors (Lipinski definition) is 2. The fourth-order valence-electron chi connectivity index (χ4n) is 9.14. The van der Waals surface area contributed by atoms with Crippen LogP contribution in [-0.4, -0.2) is 146 Å². The number of likely N-dealkylation sites (tertiary alicyclic amines) is 2. The van der Waals surface area contributed by atoms with Crippen LogP contribution in [0, 0.1) is 23.7 Å². The lowest BCUT2D eigenvalue weighted by Crippen LogP contribution is -2.63. The Bertz CT molecular complexity index is 1180. The molecule has 2 N–H and O–H groups in total. The van der Waals surface area contributed by atoms with Gasteiger partial charge in [0.15, 0.2) is 12.1 Å². The molecule has 0 radical (unpaired) electrons. The Balaban J connectivity index is 1.69. The number of rotatable bonds is 10. The molecule has 53 heavy (non-hydrogen) atoms. The first-order valence-corrected chi connectivity index (χ1v) is 20.7. The monoisotopic (exact) mass is 748 g/mol. The minimum absolute atomic E-state index is 0.0454. The quantitative estimate of drug-likeness (QED) is 0.299. The SMILES string of the molecule is CC[C@H]1OC(=O)C[C@@H](O)[C@H](C)[C@@H](OC2OC(C)C(OC)C(N(C)C)C2O)[C@@H](CCN2CCCCC2)C[C@@H](C)C(=O)/C=C/C(C)=C/[C@@H]1CN1CCCCC1. The van der Waals surface area contributed by atoms with E-state index in [0.717, 1.165) is 64.1 Å². The van der Waals surface area contributed by atoms with Gasteiger partial charge in [0.05, 0.1) is 30.8 Å². The predicted molar refractivity (Wildman–Crippen MR) is 207 cm³/mol. The molecular weight excluding hydrogens is 674 g/mol. The zero-order valence-corrected chi connectivity index (χ0v) is 34.2. The highest BCUT2D eigenvalue weighted by Crippen LogP contribution is 2.35. The number of hydrogen-bond acceptors (Lipinski definition) is 11. The van der Waals surface area contributed by atoms with Gasteiger partial charge < -0.3 is 43.9 Å². The fourth-order valence-corrected chi connectivity index (χ4v) is 9.14. The summed E-state index contributed by atoms with van der Waals surface area (Å²) in [4.78, 5) is 34.4. The summed E-state index contributed by atoms with van der Waals surface area (Å²) in [5, 5.41) is 23.6. The van der Waals surface area contributed by atoms with Crippen LogP contribution in [0.25, 0.3) is 0 Å². The highest BCUT2D eigenvalue weighted by Gasteiger charge is 2.48. The van der Waals surface area contributed by atoms with Crippen molar-refractivity contribution in [1.82, 2.24) is 14.7 Å². The molecule has 11 nitrogen and oxygen atoms in total. The molecule has 0 aliphatic carbocycles. The third-order valence-corrected chi connectivity index (χ3v) is 12.4. The number of esters is 1. The van der Waals surface area contributed by atoms with Gasteiger partial charge in [-0.05, 0) is 118 Å². The molecule has 11 heteroatoms. The van der Waals surface area contributed by atoms with Gasteiger partial charge in [0.25, 0.3) is 0 Å². The number of methoxy groups -OCH3 is 1. The van der Waals surface area contributed by atoms with Crippen molar-refractivity contribution in [2.24, 2.45) is 23.7 Å². The van der Waals surface area contributed by atoms with Crippen molar-refractivity contribution in [2.75, 3.05) is 60.5 Å². The van der Waals surface area contributed by atoms with E-state index in [1.807, 2.05) is 59.7 Å². The van der Waals surface area contributed by atoms with Crippen LogP contribution in [0.2, 0.25) is 0 Å². The molecular formula is C42H73N3O8. The third kappa shape index (κ3) is 12.7. The zero-order valence-electron chi connectivity index (χ0n) is 34.2. The van der Waals surface area contributed by atoms with E-state index in [1.165, 1.54) is 25.7 Å². The summed E-state index contributed by atoms with van der Waals surface area (Å²) >= 11 is 0. The minimum atomic E-state index is -1.08. The van der Waals surface area contributed by atoms with Crippen LogP contribution in [0.1, 0.15) is 98.8 Å². The lowest BCUT2D eigenvalue weighted by atomic mass is 9.79. The standard InChI is InChI=1S/C42H73N3O8/c1-9-36-33(27-45-21-14-11-15-22-45)24-28(2)16-17-34(46)29(3)25-32(18-23-44-19-12-10-13-20-44)40(30(4)35(47)26-37(48)52-36)53-42-39(49)38(43(6)7)41(50-8)31(5)51-42/h16-17,24,29-33,35-36,38-42,47,49H,9-15,18-23,25-27H2,1-8H3/b17-16+,28-24+/t29-,30+,31?,32+,33-,35-,36-,38?,39?,40-,41?,42?/m1/s1. The van der Waals surface area contributed by atoms with Crippen LogP contribution >= 0.6 is 0 Å². The molecule has 0 aromatic carbocycles. The van der Waals surface area contributed by atoms with Crippen LogP contribution in [-0.2, 0) is 28.5 Å². The number of allylic oxidation sites excluding steroid dienone is 3. The van der Waals surface area contributed by atoms with Crippen LogP contribution < -0.4 is 0 Å². The molecule has 304 valence electrons. The molecule has 4 heterocycles. The molecule has 0 spiro atoms. The Morgan fingerprint density at radius 1 is 0.925 bits per heavy atom. The molecule has 12 atom stereocenters. The zero-order chi connectivity index (χ0) is 38.7. The van der Waals surface area contributed by atoms with Gasteiger partial charge in [-0.2, -0.15) is 0 Å². The van der Waals surface area contributed by atoms with Gasteiger partial charge in [0, 0.05) is 31.4 Å². The molecule has 0 bridgehead atoms. The first-order chi connectivity index (χ1) is 25.3. The highest BCUT2D eigenvalue weighted by molar-refractivity contribution is 5.91. The topological polar surface area (TPSA) is 121 Å². The van der Waals surface area contributed by atoms with Gasteiger partial charge in [0.1, 0.15) is 18.3 Å². The Labute approximate surface area is 320 Å². The Morgan fingerprint density at radius 2 is 1.57 bits per heavy atom. The van der Waals surface area contributed by atoms with E-state index in [2.05, 4.69) is 15.9 Å². The van der Waals surface area contributed by atoms with Gasteiger partial charge in [-0.25, -0.2) is 0 Å². The van der Waals surface area contributed by atoms with Crippen molar-refractivity contribution in [2.45, 2.75) is 148 Å². The van der Waals surface area contributed by atoms with Gasteiger partial charge in [-0.15, -0.1) is 0 Å². The Hall–Kier alpha value is -1.70. The van der Waals surface area contributed by atoms with Crippen molar-refractivity contribution in [1.29, 1.82) is 0 Å². The number of nitrogens with zero attached hydrogens (tertiary/aromatic N) is 3. The number of carbonyl (C=O) groups excluding carboxylic acids is 2. The first-order valence-electron chi connectivity index (χ1n) is 20.7. The van der Waals surface area contributed by atoms with Crippen LogP contribution in [0.15, 0.2) is 23.8 Å². The second-order valence-corrected chi connectivity index (χ2v) is 16.8. The van der Waals surface area contributed by atoms with Gasteiger partial charge in [0.2, 0.25) is 0 Å². The summed E-state index contributed by atoms with van der Waals surface area (Å²) in [5.41, 5.74) is 0.966. The molecule has 4 aliphatic rings. The highest BCUT2D eigenvalue weighted by atomic mass is 16.7. The van der Waals surface area contributed by atoms with Crippen molar-refractivity contribution >= 4 is 11.8 Å². The van der Waals surface area contributed by atoms with Gasteiger partial charge in [-0.1, -0.05) is 51.3 Å². The second kappa shape index (κ2) is 21.6. The number of cyclic esters (lactones) is 1. The van der Waals surface area contributed by atoms with E-state index in [1.54, 1.807) is 13.2 Å². The lowest BCUT2D eigenvalue weighted by molar-refractivity contribution is -0.307. The molecule has 5 unspecified atom stereocenters. The van der Waals surface area contributed by atoms with Crippen molar-refractivity contribution in [3.8, 4) is 0 Å².